The summed E-state index contributed by atoms with van der Waals surface area (Å²) < 4.78 is 28.2. The van der Waals surface area contributed by atoms with Gasteiger partial charge in [-0.25, -0.2) is 8.42 Å². The van der Waals surface area contributed by atoms with Gasteiger partial charge in [-0.2, -0.15) is 0 Å². The van der Waals surface area contributed by atoms with Crippen molar-refractivity contribution >= 4 is 38.5 Å². The van der Waals surface area contributed by atoms with Gasteiger partial charge in [-0.15, -0.1) is 11.3 Å². The highest BCUT2D eigenvalue weighted by Crippen LogP contribution is 2.39. The summed E-state index contributed by atoms with van der Waals surface area (Å²) in [7, 11) is -4.01. The predicted octanol–water partition coefficient (Wildman–Crippen LogP) is 5.16. The normalized spacial score (nSPS) is 16.6. The van der Waals surface area contributed by atoms with Crippen LogP contribution in [0.15, 0.2) is 65.0 Å². The van der Waals surface area contributed by atoms with Gasteiger partial charge in [0.2, 0.25) is 5.78 Å². The third kappa shape index (κ3) is 3.66. The molecule has 7 heteroatoms. The Morgan fingerprint density at radius 1 is 1.00 bits per heavy atom. The van der Waals surface area contributed by atoms with E-state index in [-0.39, 0.29) is 11.4 Å². The summed E-state index contributed by atoms with van der Waals surface area (Å²) in [6.07, 6.45) is 1.32. The molecular formula is C23H22N2O3S2. The number of carbonyl (C=O) groups is 1. The van der Waals surface area contributed by atoms with Crippen molar-refractivity contribution in [1.29, 1.82) is 0 Å². The fraction of sp³-hybridized carbons (Fsp3) is 0.174. The van der Waals surface area contributed by atoms with Gasteiger partial charge in [0.15, 0.2) is 4.91 Å². The molecule has 1 N–H and O–H groups in total. The van der Waals surface area contributed by atoms with Gasteiger partial charge < -0.3 is 5.32 Å². The van der Waals surface area contributed by atoms with Gasteiger partial charge >= 0.3 is 0 Å². The average molecular weight is 439 g/mol. The van der Waals surface area contributed by atoms with Crippen LogP contribution in [0.1, 0.15) is 31.9 Å². The second-order valence-electron chi connectivity index (χ2n) is 7.43. The Morgan fingerprint density at radius 2 is 1.70 bits per heavy atom. The van der Waals surface area contributed by atoms with E-state index in [4.69, 9.17) is 0 Å². The number of ketones is 1. The lowest BCUT2D eigenvalue weighted by Gasteiger charge is -2.29. The van der Waals surface area contributed by atoms with Gasteiger partial charge in [-0.05, 0) is 55.0 Å². The minimum Gasteiger partial charge on any atom is -0.360 e. The Balaban J connectivity index is 1.75. The van der Waals surface area contributed by atoms with Crippen molar-refractivity contribution in [2.24, 2.45) is 0 Å². The molecule has 30 heavy (non-hydrogen) atoms. The summed E-state index contributed by atoms with van der Waals surface area (Å²) >= 11 is 1.26. The third-order valence-electron chi connectivity index (χ3n) is 5.11. The smallest absolute Gasteiger partial charge is 0.270 e. The Morgan fingerprint density at radius 3 is 2.43 bits per heavy atom. The van der Waals surface area contributed by atoms with Crippen LogP contribution in [-0.4, -0.2) is 14.2 Å². The first-order valence-corrected chi connectivity index (χ1v) is 11.8. The minimum atomic E-state index is -4.01. The first-order valence-electron chi connectivity index (χ1n) is 9.52. The zero-order valence-corrected chi connectivity index (χ0v) is 18.6. The zero-order valence-electron chi connectivity index (χ0n) is 17.0. The minimum absolute atomic E-state index is 0.167. The number of allylic oxidation sites excluding steroid dienone is 1. The topological polar surface area (TPSA) is 66.5 Å². The molecule has 5 nitrogen and oxygen atoms in total. The number of hydrogen-bond donors (Lipinski definition) is 1. The second-order valence-corrected chi connectivity index (χ2v) is 10.2. The quantitative estimate of drug-likeness (QED) is 0.572. The van der Waals surface area contributed by atoms with Crippen LogP contribution in [0, 0.1) is 20.8 Å². The molecule has 154 valence electrons. The van der Waals surface area contributed by atoms with Crippen LogP contribution in [0.2, 0.25) is 0 Å². The lowest BCUT2D eigenvalue weighted by atomic mass is 10.1. The number of nitrogens with zero attached hydrogens (tertiary/aromatic N) is 1. The molecule has 1 aliphatic heterocycles. The molecule has 3 aromatic rings. The zero-order chi connectivity index (χ0) is 21.5. The Kier molecular flexibility index (Phi) is 5.26. The monoisotopic (exact) mass is 438 g/mol. The SMILES string of the molecule is Cc1ccc(CN2c3ccsc3C(=O)/C(=C/Nc3cc(C)ccc3C)S2(=O)=O)cc1. The Labute approximate surface area is 180 Å². The van der Waals surface area contributed by atoms with E-state index < -0.39 is 15.8 Å². The number of sulfonamides is 1. The van der Waals surface area contributed by atoms with Crippen LogP contribution in [0.25, 0.3) is 0 Å². The van der Waals surface area contributed by atoms with E-state index in [0.29, 0.717) is 10.6 Å². The van der Waals surface area contributed by atoms with Crippen LogP contribution in [-0.2, 0) is 16.6 Å². The summed E-state index contributed by atoms with van der Waals surface area (Å²) in [4.78, 5) is 13.2. The maximum atomic E-state index is 13.4. The molecule has 1 aromatic heterocycles. The molecule has 4 rings (SSSR count). The van der Waals surface area contributed by atoms with Crippen LogP contribution in [0.5, 0.6) is 0 Å². The number of aryl methyl sites for hydroxylation is 3. The standard InChI is InChI=1S/C23H22N2O3S2/c1-15-5-8-18(9-6-15)14-25-20-10-11-29-23(20)22(26)21(30(25,27)28)13-24-19-12-16(2)4-7-17(19)3/h4-13,24H,14H2,1-3H3/b21-13-. The average Bonchev–Trinajstić information content (AvgIpc) is 3.18. The molecule has 0 aliphatic carbocycles. The van der Waals surface area contributed by atoms with Crippen molar-refractivity contribution < 1.29 is 13.2 Å². The van der Waals surface area contributed by atoms with Crippen molar-refractivity contribution in [3.05, 3.63) is 92.1 Å². The highest BCUT2D eigenvalue weighted by Gasteiger charge is 2.41. The molecule has 0 unspecified atom stereocenters. The fourth-order valence-electron chi connectivity index (χ4n) is 3.35. The molecule has 0 amide bonds. The summed E-state index contributed by atoms with van der Waals surface area (Å²) in [6.45, 7) is 6.04. The van der Waals surface area contributed by atoms with Gasteiger partial charge in [0.1, 0.15) is 4.88 Å². The molecule has 2 aromatic carbocycles. The van der Waals surface area contributed by atoms with Crippen molar-refractivity contribution in [3.63, 3.8) is 0 Å². The van der Waals surface area contributed by atoms with E-state index >= 15 is 0 Å². The third-order valence-corrected chi connectivity index (χ3v) is 7.78. The molecule has 0 fully saturated rings. The highest BCUT2D eigenvalue weighted by atomic mass is 32.2. The number of Topliss-reactive ketones (excluding diaryl/α,β-unsaturated/α-hetero) is 1. The maximum Gasteiger partial charge on any atom is 0.270 e. The number of thiophene rings is 1. The van der Waals surface area contributed by atoms with Crippen molar-refractivity contribution in [2.75, 3.05) is 9.62 Å². The summed E-state index contributed by atoms with van der Waals surface area (Å²) in [6, 6.07) is 15.3. The van der Waals surface area contributed by atoms with E-state index in [1.165, 1.54) is 21.8 Å². The first kappa shape index (κ1) is 20.4. The van der Waals surface area contributed by atoms with E-state index in [1.54, 1.807) is 11.4 Å². The number of carbonyl (C=O) groups excluding carboxylic acids is 1. The number of benzene rings is 2. The molecule has 0 radical (unpaired) electrons. The lowest BCUT2D eigenvalue weighted by molar-refractivity contribution is 0.104. The van der Waals surface area contributed by atoms with E-state index in [2.05, 4.69) is 5.32 Å². The van der Waals surface area contributed by atoms with E-state index in [1.807, 2.05) is 63.2 Å². The number of nitrogens with one attached hydrogen (secondary N) is 1. The Hall–Kier alpha value is -2.90. The highest BCUT2D eigenvalue weighted by molar-refractivity contribution is 7.97. The summed E-state index contributed by atoms with van der Waals surface area (Å²) in [5.41, 5.74) is 5.18. The van der Waals surface area contributed by atoms with Crippen LogP contribution in [0.4, 0.5) is 11.4 Å². The van der Waals surface area contributed by atoms with Gasteiger partial charge in [0.25, 0.3) is 10.0 Å². The van der Waals surface area contributed by atoms with Gasteiger partial charge in [-0.1, -0.05) is 42.0 Å². The Bertz CT molecular complexity index is 1260. The van der Waals surface area contributed by atoms with Crippen LogP contribution in [0.3, 0.4) is 0 Å². The fourth-order valence-corrected chi connectivity index (χ4v) is 5.83. The molecule has 2 heterocycles. The number of rotatable bonds is 4. The van der Waals surface area contributed by atoms with E-state index in [9.17, 15) is 13.2 Å². The molecule has 0 saturated carbocycles. The summed E-state index contributed by atoms with van der Waals surface area (Å²) in [5, 5.41) is 4.79. The van der Waals surface area contributed by atoms with Crippen LogP contribution >= 0.6 is 11.3 Å². The van der Waals surface area contributed by atoms with Crippen molar-refractivity contribution in [1.82, 2.24) is 0 Å². The largest absolute Gasteiger partial charge is 0.360 e. The van der Waals surface area contributed by atoms with Gasteiger partial charge in [0, 0.05) is 11.9 Å². The number of anilines is 2. The van der Waals surface area contributed by atoms with Crippen LogP contribution < -0.4 is 9.62 Å². The maximum absolute atomic E-state index is 13.4. The molecule has 0 spiro atoms. The van der Waals surface area contributed by atoms with E-state index in [0.717, 1.165) is 27.9 Å². The van der Waals surface area contributed by atoms with Crippen molar-refractivity contribution in [3.8, 4) is 0 Å². The molecular weight excluding hydrogens is 416 g/mol. The predicted molar refractivity (Wildman–Crippen MR) is 123 cm³/mol. The van der Waals surface area contributed by atoms with Crippen molar-refractivity contribution in [2.45, 2.75) is 27.3 Å². The molecule has 0 bridgehead atoms. The molecule has 0 saturated heterocycles. The molecule has 0 atom stereocenters. The van der Waals surface area contributed by atoms with Gasteiger partial charge in [-0.3, -0.25) is 9.10 Å². The lowest BCUT2D eigenvalue weighted by Crippen LogP contribution is -2.38. The van der Waals surface area contributed by atoms with Gasteiger partial charge in [0.05, 0.1) is 12.2 Å². The first-order chi connectivity index (χ1) is 14.3. The number of fused-ring (bicyclic) bond motifs is 1. The summed E-state index contributed by atoms with van der Waals surface area (Å²) in [5.74, 6) is -0.474. The molecule has 1 aliphatic rings. The number of hydrogen-bond acceptors (Lipinski definition) is 5. The second kappa shape index (κ2) is 7.74.